The third-order valence-corrected chi connectivity index (χ3v) is 8.99. The summed E-state index contributed by atoms with van der Waals surface area (Å²) < 4.78 is 19.0. The number of hydrogen-bond acceptors (Lipinski definition) is 8. The first-order valence-electron chi connectivity index (χ1n) is 15.1. The molecule has 240 valence electrons. The molecule has 1 saturated heterocycles. The minimum Gasteiger partial charge on any atom is -0.489 e. The molecule has 4 rings (SSSR count). The predicted molar refractivity (Wildman–Crippen MR) is 176 cm³/mol. The minimum absolute atomic E-state index is 0.0748. The van der Waals surface area contributed by atoms with E-state index >= 15 is 0 Å². The second-order valence-corrected chi connectivity index (χ2v) is 12.5. The summed E-state index contributed by atoms with van der Waals surface area (Å²) in [5.41, 5.74) is 1.61. The molecule has 0 aromatic heterocycles. The molecule has 2 aromatic carbocycles. The van der Waals surface area contributed by atoms with Crippen LogP contribution in [0.5, 0.6) is 11.5 Å². The van der Waals surface area contributed by atoms with Gasteiger partial charge in [-0.2, -0.15) is 0 Å². The Kier molecular flexibility index (Phi) is 12.7. The molecule has 2 unspecified atom stereocenters. The zero-order valence-corrected chi connectivity index (χ0v) is 26.8. The molecule has 3 atom stereocenters. The number of rotatable bonds is 17. The Morgan fingerprint density at radius 2 is 1.93 bits per heavy atom. The predicted octanol–water partition coefficient (Wildman–Crippen LogP) is 4.59. The molecule has 0 saturated carbocycles. The maximum absolute atomic E-state index is 9.90. The molecule has 2 aliphatic rings. The van der Waals surface area contributed by atoms with Gasteiger partial charge in [-0.15, -0.1) is 11.6 Å². The Morgan fingerprint density at radius 1 is 1.16 bits per heavy atom. The molecule has 10 heteroatoms. The summed E-state index contributed by atoms with van der Waals surface area (Å²) in [6.07, 6.45) is 8.87. The summed E-state index contributed by atoms with van der Waals surface area (Å²) in [6, 6.07) is 13.0. The fraction of sp³-hybridized carbons (Fsp3) is 0.471. The van der Waals surface area contributed by atoms with Gasteiger partial charge in [-0.3, -0.25) is 0 Å². The van der Waals surface area contributed by atoms with Crippen LogP contribution in [-0.2, 0) is 11.3 Å². The van der Waals surface area contributed by atoms with Gasteiger partial charge in [-0.25, -0.2) is 0 Å². The molecule has 1 aliphatic heterocycles. The van der Waals surface area contributed by atoms with E-state index in [-0.39, 0.29) is 32.5 Å². The van der Waals surface area contributed by atoms with E-state index in [1.807, 2.05) is 55.5 Å². The first-order chi connectivity index (χ1) is 21.2. The maximum Gasteiger partial charge on any atom is 0.143 e. The highest BCUT2D eigenvalue weighted by molar-refractivity contribution is 6.32. The van der Waals surface area contributed by atoms with Crippen LogP contribution in [0.25, 0.3) is 5.57 Å². The Morgan fingerprint density at radius 3 is 2.61 bits per heavy atom. The van der Waals surface area contributed by atoms with E-state index in [4.69, 9.17) is 37.4 Å². The van der Waals surface area contributed by atoms with Crippen molar-refractivity contribution in [2.24, 2.45) is 0 Å². The van der Waals surface area contributed by atoms with Crippen molar-refractivity contribution < 1.29 is 29.5 Å². The van der Waals surface area contributed by atoms with Crippen LogP contribution in [0.2, 0.25) is 5.02 Å². The van der Waals surface area contributed by atoms with Gasteiger partial charge in [0.1, 0.15) is 35.2 Å². The average Bonchev–Trinajstić information content (AvgIpc) is 3.44. The van der Waals surface area contributed by atoms with E-state index in [9.17, 15) is 15.3 Å². The summed E-state index contributed by atoms with van der Waals surface area (Å²) in [5, 5.41) is 32.3. The number of aliphatic hydroxyl groups excluding tert-OH is 3. The molecule has 0 bridgehead atoms. The lowest BCUT2D eigenvalue weighted by molar-refractivity contribution is -0.0540. The number of nitrogens with one attached hydrogen (secondary N) is 1. The molecule has 1 fully saturated rings. The number of alkyl halides is 1. The Balaban J connectivity index is 1.57. The highest BCUT2D eigenvalue weighted by Crippen LogP contribution is 2.47. The van der Waals surface area contributed by atoms with Crippen molar-refractivity contribution in [3.63, 3.8) is 0 Å². The van der Waals surface area contributed by atoms with Crippen LogP contribution in [0.4, 0.5) is 0 Å². The van der Waals surface area contributed by atoms with E-state index < -0.39 is 16.5 Å². The van der Waals surface area contributed by atoms with Crippen molar-refractivity contribution >= 4 is 28.8 Å². The third-order valence-electron chi connectivity index (χ3n) is 8.18. The van der Waals surface area contributed by atoms with Gasteiger partial charge in [-0.05, 0) is 43.0 Å². The van der Waals surface area contributed by atoms with Crippen molar-refractivity contribution in [3.05, 3.63) is 89.5 Å². The molecule has 4 N–H and O–H groups in total. The van der Waals surface area contributed by atoms with Gasteiger partial charge in [0.05, 0.1) is 30.4 Å². The number of halogens is 2. The number of hydrogen-bond donors (Lipinski definition) is 4. The monoisotopic (exact) mass is 646 g/mol. The number of aliphatic hydroxyl groups is 3. The van der Waals surface area contributed by atoms with Crippen LogP contribution in [0, 0.1) is 0 Å². The van der Waals surface area contributed by atoms with E-state index in [1.165, 1.54) is 0 Å². The van der Waals surface area contributed by atoms with Crippen molar-refractivity contribution in [3.8, 4) is 11.5 Å². The molecule has 0 amide bonds. The van der Waals surface area contributed by atoms with Crippen LogP contribution in [0.1, 0.15) is 30.9 Å². The molecular formula is C34H44Cl2N2O6. The molecule has 1 aliphatic carbocycles. The molecule has 1 heterocycles. The highest BCUT2D eigenvalue weighted by Gasteiger charge is 2.51. The second kappa shape index (κ2) is 16.2. The smallest absolute Gasteiger partial charge is 0.143 e. The van der Waals surface area contributed by atoms with Gasteiger partial charge in [0.15, 0.2) is 0 Å². The lowest BCUT2D eigenvalue weighted by Gasteiger charge is -2.45. The largest absolute Gasteiger partial charge is 0.489 e. The van der Waals surface area contributed by atoms with Crippen molar-refractivity contribution in [1.82, 2.24) is 10.2 Å². The summed E-state index contributed by atoms with van der Waals surface area (Å²) in [5.74, 6) is 0.938. The molecule has 0 spiro atoms. The fourth-order valence-electron chi connectivity index (χ4n) is 5.53. The fourth-order valence-corrected chi connectivity index (χ4v) is 6.11. The average molecular weight is 648 g/mol. The zero-order chi connectivity index (χ0) is 31.6. The summed E-state index contributed by atoms with van der Waals surface area (Å²) in [6.45, 7) is 8.75. The molecule has 2 aromatic rings. The lowest BCUT2D eigenvalue weighted by atomic mass is 9.76. The van der Waals surface area contributed by atoms with Crippen LogP contribution in [0.15, 0.2) is 73.3 Å². The normalized spacial score (nSPS) is 23.6. The first kappa shape index (κ1) is 34.5. The van der Waals surface area contributed by atoms with E-state index in [0.29, 0.717) is 36.2 Å². The van der Waals surface area contributed by atoms with Crippen molar-refractivity contribution in [2.45, 2.75) is 48.9 Å². The van der Waals surface area contributed by atoms with Crippen LogP contribution in [-0.4, -0.2) is 95.5 Å². The third kappa shape index (κ3) is 8.44. The van der Waals surface area contributed by atoms with Gasteiger partial charge in [0.25, 0.3) is 0 Å². The van der Waals surface area contributed by atoms with Crippen molar-refractivity contribution in [2.75, 3.05) is 52.7 Å². The number of likely N-dealkylation sites (tertiary alicyclic amines) is 1. The lowest BCUT2D eigenvalue weighted by Crippen LogP contribution is -2.55. The number of allylic oxidation sites excluding steroid dienone is 2. The quantitative estimate of drug-likeness (QED) is 0.112. The second-order valence-electron chi connectivity index (χ2n) is 11.4. The Labute approximate surface area is 270 Å². The number of β-amino-alcohol motifs (C(OH)–C–C–N with tert-alkyl or cyclic N) is 1. The summed E-state index contributed by atoms with van der Waals surface area (Å²) >= 11 is 14.2. The van der Waals surface area contributed by atoms with Gasteiger partial charge >= 0.3 is 0 Å². The van der Waals surface area contributed by atoms with Gasteiger partial charge < -0.3 is 39.7 Å². The summed E-state index contributed by atoms with van der Waals surface area (Å²) in [7, 11) is 0. The Bertz CT molecular complexity index is 1280. The standard InChI is InChI=1S/C34H44Cl2N2O6/c1-3-16-42-31-19-32(30(35)18-26(31)20-37-27(22-39)23-40)43-24-34(44-17-8-14-38-15-12-28(41)21-38)13-7-11-29(33(34,2)36)25-9-5-4-6-10-25/h3-7,9-11,13,18-19,27-28,37,39-41H,1,8,12,14-17,20-24H2,2H3/t28?,33-,34?/m1/s1. The topological polar surface area (TPSA) is 104 Å². The first-order valence-corrected chi connectivity index (χ1v) is 15.8. The Hall–Kier alpha value is -2.40. The van der Waals surface area contributed by atoms with Crippen LogP contribution in [0.3, 0.4) is 0 Å². The number of benzene rings is 2. The van der Waals surface area contributed by atoms with Gasteiger partial charge in [0, 0.05) is 44.4 Å². The number of nitrogens with zero attached hydrogens (tertiary/aromatic N) is 1. The maximum atomic E-state index is 9.90. The summed E-state index contributed by atoms with van der Waals surface area (Å²) in [4.78, 5) is 1.25. The molecule has 8 nitrogen and oxygen atoms in total. The van der Waals surface area contributed by atoms with Gasteiger partial charge in [-0.1, -0.05) is 66.7 Å². The van der Waals surface area contributed by atoms with E-state index in [2.05, 4.69) is 16.8 Å². The van der Waals surface area contributed by atoms with Crippen LogP contribution >= 0.6 is 23.2 Å². The molecular weight excluding hydrogens is 603 g/mol. The zero-order valence-electron chi connectivity index (χ0n) is 25.3. The number of ether oxygens (including phenoxy) is 3. The minimum atomic E-state index is -1.04. The van der Waals surface area contributed by atoms with Crippen molar-refractivity contribution in [1.29, 1.82) is 0 Å². The molecule has 44 heavy (non-hydrogen) atoms. The molecule has 0 radical (unpaired) electrons. The van der Waals surface area contributed by atoms with E-state index in [0.717, 1.165) is 42.6 Å². The van der Waals surface area contributed by atoms with E-state index in [1.54, 1.807) is 18.2 Å². The van der Waals surface area contributed by atoms with Gasteiger partial charge in [0.2, 0.25) is 0 Å². The highest BCUT2D eigenvalue weighted by atomic mass is 35.5. The van der Waals surface area contributed by atoms with Crippen LogP contribution < -0.4 is 14.8 Å². The SMILES string of the molecule is C=CCOc1cc(OCC2(OCCCN3CCC(O)C3)C=CC=C(c3ccccc3)[C@@]2(C)Cl)c(Cl)cc1CNC(CO)CO.